The molecule has 0 fully saturated rings. The highest BCUT2D eigenvalue weighted by molar-refractivity contribution is 5.76. The molecule has 3 nitrogen and oxygen atoms in total. The van der Waals surface area contributed by atoms with E-state index in [4.69, 9.17) is 16.2 Å². The largest absolute Gasteiger partial charge is 0.456 e. The van der Waals surface area contributed by atoms with Crippen LogP contribution in [-0.4, -0.2) is 0 Å². The van der Waals surface area contributed by atoms with Gasteiger partial charge in [-0.05, 0) is 47.5 Å². The summed E-state index contributed by atoms with van der Waals surface area (Å²) in [5, 5.41) is 0. The Morgan fingerprint density at radius 3 is 1.37 bits per heavy atom. The Kier molecular flexibility index (Phi) is 4.50. The first-order valence-corrected chi connectivity index (χ1v) is 8.78. The maximum absolute atomic E-state index is 6.35. The van der Waals surface area contributed by atoms with Crippen molar-refractivity contribution in [2.24, 2.45) is 0 Å². The van der Waals surface area contributed by atoms with Gasteiger partial charge in [-0.2, -0.15) is 0 Å². The van der Waals surface area contributed by atoms with Crippen molar-refractivity contribution in [1.29, 1.82) is 0 Å². The van der Waals surface area contributed by atoms with Crippen molar-refractivity contribution in [2.75, 3.05) is 11.5 Å². The van der Waals surface area contributed by atoms with Crippen molar-refractivity contribution >= 4 is 11.4 Å². The quantitative estimate of drug-likeness (QED) is 0.444. The zero-order valence-electron chi connectivity index (χ0n) is 14.8. The van der Waals surface area contributed by atoms with Crippen LogP contribution in [0, 0.1) is 0 Å². The van der Waals surface area contributed by atoms with E-state index in [1.807, 2.05) is 97.1 Å². The SMILES string of the molecule is Nc1cccc(-c2ccccc2Oc2ccccc2-c2cccc(N)c2)c1. The highest BCUT2D eigenvalue weighted by atomic mass is 16.5. The van der Waals surface area contributed by atoms with Crippen LogP contribution in [0.3, 0.4) is 0 Å². The number of nitrogens with two attached hydrogens (primary N) is 2. The van der Waals surface area contributed by atoms with Gasteiger partial charge >= 0.3 is 0 Å². The Morgan fingerprint density at radius 2 is 0.926 bits per heavy atom. The van der Waals surface area contributed by atoms with E-state index in [0.29, 0.717) is 0 Å². The number of hydrogen-bond donors (Lipinski definition) is 2. The molecule has 27 heavy (non-hydrogen) atoms. The zero-order chi connectivity index (χ0) is 18.6. The number of benzene rings is 4. The summed E-state index contributed by atoms with van der Waals surface area (Å²) in [4.78, 5) is 0. The maximum atomic E-state index is 6.35. The first-order valence-electron chi connectivity index (χ1n) is 8.78. The molecule has 132 valence electrons. The average molecular weight is 352 g/mol. The van der Waals surface area contributed by atoms with Gasteiger partial charge in [0.1, 0.15) is 11.5 Å². The van der Waals surface area contributed by atoms with Crippen molar-refractivity contribution < 1.29 is 4.74 Å². The van der Waals surface area contributed by atoms with E-state index >= 15 is 0 Å². The van der Waals surface area contributed by atoms with Crippen LogP contribution >= 0.6 is 0 Å². The summed E-state index contributed by atoms with van der Waals surface area (Å²) in [6.07, 6.45) is 0. The molecule has 0 amide bonds. The second-order valence-corrected chi connectivity index (χ2v) is 6.35. The summed E-state index contributed by atoms with van der Waals surface area (Å²) in [5.41, 5.74) is 17.4. The molecule has 0 bridgehead atoms. The van der Waals surface area contributed by atoms with Crippen LogP contribution in [-0.2, 0) is 0 Å². The molecule has 0 atom stereocenters. The van der Waals surface area contributed by atoms with Crippen LogP contribution in [0.2, 0.25) is 0 Å². The average Bonchev–Trinajstić information content (AvgIpc) is 2.69. The summed E-state index contributed by atoms with van der Waals surface area (Å²) >= 11 is 0. The molecular formula is C24H20N2O. The molecule has 0 aliphatic rings. The van der Waals surface area contributed by atoms with E-state index in [0.717, 1.165) is 45.1 Å². The number of hydrogen-bond acceptors (Lipinski definition) is 3. The summed E-state index contributed by atoms with van der Waals surface area (Å²) in [6, 6.07) is 31.5. The first-order chi connectivity index (χ1) is 13.2. The smallest absolute Gasteiger partial charge is 0.135 e. The fourth-order valence-corrected chi connectivity index (χ4v) is 3.12. The van der Waals surface area contributed by atoms with E-state index in [2.05, 4.69) is 0 Å². The third-order valence-electron chi connectivity index (χ3n) is 4.39. The lowest BCUT2D eigenvalue weighted by Gasteiger charge is -2.15. The molecule has 4 aromatic carbocycles. The Bertz CT molecular complexity index is 1000. The fourth-order valence-electron chi connectivity index (χ4n) is 3.12. The number of ether oxygens (including phenoxy) is 1. The number of para-hydroxylation sites is 2. The minimum Gasteiger partial charge on any atom is -0.456 e. The normalized spacial score (nSPS) is 10.5. The van der Waals surface area contributed by atoms with Gasteiger partial charge < -0.3 is 16.2 Å². The van der Waals surface area contributed by atoms with Gasteiger partial charge in [-0.15, -0.1) is 0 Å². The third-order valence-corrected chi connectivity index (χ3v) is 4.39. The molecule has 0 heterocycles. The van der Waals surface area contributed by atoms with Gasteiger partial charge in [-0.3, -0.25) is 0 Å². The Labute approximate surface area is 158 Å². The van der Waals surface area contributed by atoms with Gasteiger partial charge in [0.15, 0.2) is 0 Å². The molecule has 4 rings (SSSR count). The molecule has 4 N–H and O–H groups in total. The van der Waals surface area contributed by atoms with Crippen molar-refractivity contribution in [3.63, 3.8) is 0 Å². The van der Waals surface area contributed by atoms with E-state index in [9.17, 15) is 0 Å². The van der Waals surface area contributed by atoms with Crippen LogP contribution in [0.1, 0.15) is 0 Å². The Balaban J connectivity index is 1.77. The molecule has 0 aromatic heterocycles. The fraction of sp³-hybridized carbons (Fsp3) is 0. The van der Waals surface area contributed by atoms with Crippen LogP contribution in [0.5, 0.6) is 11.5 Å². The maximum Gasteiger partial charge on any atom is 0.135 e. The Hall–Kier alpha value is -3.72. The molecule has 0 saturated heterocycles. The van der Waals surface area contributed by atoms with E-state index in [1.54, 1.807) is 0 Å². The van der Waals surface area contributed by atoms with Gasteiger partial charge in [0, 0.05) is 22.5 Å². The summed E-state index contributed by atoms with van der Waals surface area (Å²) < 4.78 is 6.35. The van der Waals surface area contributed by atoms with Crippen molar-refractivity contribution in [1.82, 2.24) is 0 Å². The number of rotatable bonds is 4. The highest BCUT2D eigenvalue weighted by Gasteiger charge is 2.11. The molecule has 0 spiro atoms. The molecule has 0 radical (unpaired) electrons. The van der Waals surface area contributed by atoms with Gasteiger partial charge in [0.05, 0.1) is 0 Å². The second-order valence-electron chi connectivity index (χ2n) is 6.35. The minimum absolute atomic E-state index is 0.725. The van der Waals surface area contributed by atoms with E-state index in [-0.39, 0.29) is 0 Å². The molecule has 0 aliphatic heterocycles. The molecular weight excluding hydrogens is 332 g/mol. The molecule has 3 heteroatoms. The lowest BCUT2D eigenvalue weighted by atomic mass is 10.0. The van der Waals surface area contributed by atoms with Crippen molar-refractivity contribution in [2.45, 2.75) is 0 Å². The van der Waals surface area contributed by atoms with Crippen LogP contribution in [0.4, 0.5) is 11.4 Å². The van der Waals surface area contributed by atoms with Crippen LogP contribution < -0.4 is 16.2 Å². The zero-order valence-corrected chi connectivity index (χ0v) is 14.8. The van der Waals surface area contributed by atoms with E-state index in [1.165, 1.54) is 0 Å². The second kappa shape index (κ2) is 7.26. The Morgan fingerprint density at radius 1 is 0.481 bits per heavy atom. The first kappa shape index (κ1) is 16.7. The predicted molar refractivity (Wildman–Crippen MR) is 113 cm³/mol. The monoisotopic (exact) mass is 352 g/mol. The summed E-state index contributed by atoms with van der Waals surface area (Å²) in [5.74, 6) is 1.55. The molecule has 0 unspecified atom stereocenters. The standard InChI is InChI=1S/C24H20N2O/c25-19-9-5-7-17(15-19)21-11-1-3-13-23(21)27-24-14-4-2-12-22(24)18-8-6-10-20(26)16-18/h1-16H,25-26H2. The van der Waals surface area contributed by atoms with E-state index < -0.39 is 0 Å². The molecule has 0 aliphatic carbocycles. The predicted octanol–water partition coefficient (Wildman–Crippen LogP) is 5.98. The molecule has 0 saturated carbocycles. The van der Waals surface area contributed by atoms with Gasteiger partial charge in [0.2, 0.25) is 0 Å². The topological polar surface area (TPSA) is 61.3 Å². The lowest BCUT2D eigenvalue weighted by molar-refractivity contribution is 0.486. The van der Waals surface area contributed by atoms with Crippen molar-refractivity contribution in [3.05, 3.63) is 97.1 Å². The number of anilines is 2. The minimum atomic E-state index is 0.725. The molecule has 4 aromatic rings. The summed E-state index contributed by atoms with van der Waals surface area (Å²) in [6.45, 7) is 0. The van der Waals surface area contributed by atoms with Crippen LogP contribution in [0.25, 0.3) is 22.3 Å². The van der Waals surface area contributed by atoms with Gasteiger partial charge in [-0.25, -0.2) is 0 Å². The highest BCUT2D eigenvalue weighted by Crippen LogP contribution is 2.38. The number of nitrogen functional groups attached to an aromatic ring is 2. The summed E-state index contributed by atoms with van der Waals surface area (Å²) in [7, 11) is 0. The van der Waals surface area contributed by atoms with Crippen molar-refractivity contribution in [3.8, 4) is 33.8 Å². The lowest BCUT2D eigenvalue weighted by Crippen LogP contribution is -1.92. The van der Waals surface area contributed by atoms with Gasteiger partial charge in [-0.1, -0.05) is 60.7 Å². The van der Waals surface area contributed by atoms with Gasteiger partial charge in [0.25, 0.3) is 0 Å². The third kappa shape index (κ3) is 3.62. The van der Waals surface area contributed by atoms with Crippen LogP contribution in [0.15, 0.2) is 97.1 Å².